The summed E-state index contributed by atoms with van der Waals surface area (Å²) in [6, 6.07) is 7.93. The van der Waals surface area contributed by atoms with Gasteiger partial charge in [-0.25, -0.2) is 4.79 Å². The van der Waals surface area contributed by atoms with Crippen molar-refractivity contribution in [3.05, 3.63) is 66.9 Å². The first kappa shape index (κ1) is 14.1. The van der Waals surface area contributed by atoms with Crippen LogP contribution in [-0.4, -0.2) is 9.55 Å². The molecule has 21 heavy (non-hydrogen) atoms. The summed E-state index contributed by atoms with van der Waals surface area (Å²) in [6.07, 6.45) is 1.41. The van der Waals surface area contributed by atoms with E-state index in [1.165, 1.54) is 15.7 Å². The number of benzene rings is 1. The number of hydrogen-bond acceptors (Lipinski definition) is 2. The van der Waals surface area contributed by atoms with Crippen LogP contribution in [0.25, 0.3) is 0 Å². The molecule has 1 aliphatic carbocycles. The number of halogens is 1. The summed E-state index contributed by atoms with van der Waals surface area (Å²) in [6.45, 7) is 3.79. The summed E-state index contributed by atoms with van der Waals surface area (Å²) >= 11 is 6.03. The average molecular weight is 305 g/mol. The minimum absolute atomic E-state index is 0.0307. The maximum atomic E-state index is 12.6. The monoisotopic (exact) mass is 304 g/mol. The van der Waals surface area contributed by atoms with E-state index in [-0.39, 0.29) is 22.7 Å². The first-order valence-electron chi connectivity index (χ1n) is 7.10. The van der Waals surface area contributed by atoms with E-state index in [1.54, 1.807) is 0 Å². The summed E-state index contributed by atoms with van der Waals surface area (Å²) in [5.41, 5.74) is 2.20. The Balaban J connectivity index is 2.11. The normalized spacial score (nSPS) is 14.7. The second-order valence-electron chi connectivity index (χ2n) is 5.82. The molecule has 0 spiro atoms. The molecule has 110 valence electrons. The van der Waals surface area contributed by atoms with Gasteiger partial charge in [0.2, 0.25) is 0 Å². The third kappa shape index (κ3) is 2.33. The highest BCUT2D eigenvalue weighted by atomic mass is 35.5. The van der Waals surface area contributed by atoms with Crippen LogP contribution in [0.2, 0.25) is 5.15 Å². The number of aromatic amines is 1. The molecule has 0 aliphatic heterocycles. The first-order chi connectivity index (χ1) is 9.99. The van der Waals surface area contributed by atoms with Crippen LogP contribution < -0.4 is 11.2 Å². The van der Waals surface area contributed by atoms with Crippen molar-refractivity contribution >= 4 is 11.6 Å². The van der Waals surface area contributed by atoms with Gasteiger partial charge in [-0.05, 0) is 29.9 Å². The third-order valence-electron chi connectivity index (χ3n) is 4.09. The van der Waals surface area contributed by atoms with Gasteiger partial charge in [-0.15, -0.1) is 0 Å². The molecule has 1 heterocycles. The Morgan fingerprint density at radius 3 is 2.29 bits per heavy atom. The highest BCUT2D eigenvalue weighted by Crippen LogP contribution is 2.28. The molecule has 0 amide bonds. The van der Waals surface area contributed by atoms with Gasteiger partial charge in [0.15, 0.2) is 0 Å². The molecular formula is C16H17ClN2O2. The number of nitrogens with one attached hydrogen (secondary N) is 1. The Bertz CT molecular complexity index is 780. The standard InChI is InChI=1S/C16H17ClN2O2/c1-9(2)13-14(17)18-16(21)19(15(13)20)12-7-10-5-3-4-6-11(10)8-12/h3-6,9,12H,7-8H2,1-2H3,(H,18,21). The summed E-state index contributed by atoms with van der Waals surface area (Å²) in [5.74, 6) is -0.0307. The minimum atomic E-state index is -0.424. The molecule has 0 fully saturated rings. The lowest BCUT2D eigenvalue weighted by Gasteiger charge is -2.16. The fourth-order valence-corrected chi connectivity index (χ4v) is 3.47. The number of H-pyrrole nitrogens is 1. The number of rotatable bonds is 2. The van der Waals surface area contributed by atoms with E-state index in [9.17, 15) is 9.59 Å². The Labute approximate surface area is 127 Å². The van der Waals surface area contributed by atoms with E-state index in [0.717, 1.165) is 0 Å². The molecule has 0 radical (unpaired) electrons. The van der Waals surface area contributed by atoms with Crippen molar-refractivity contribution in [2.75, 3.05) is 0 Å². The molecule has 1 N–H and O–H groups in total. The van der Waals surface area contributed by atoms with Crippen LogP contribution in [0.1, 0.15) is 42.5 Å². The minimum Gasteiger partial charge on any atom is -0.297 e. The second-order valence-corrected chi connectivity index (χ2v) is 6.20. The Morgan fingerprint density at radius 2 is 1.76 bits per heavy atom. The molecule has 5 heteroatoms. The lowest BCUT2D eigenvalue weighted by Crippen LogP contribution is -2.40. The van der Waals surface area contributed by atoms with Crippen LogP contribution in [0.5, 0.6) is 0 Å². The van der Waals surface area contributed by atoms with Gasteiger partial charge in [0.25, 0.3) is 5.56 Å². The van der Waals surface area contributed by atoms with Gasteiger partial charge in [0.1, 0.15) is 5.15 Å². The predicted octanol–water partition coefficient (Wildman–Crippen LogP) is 2.65. The van der Waals surface area contributed by atoms with Gasteiger partial charge >= 0.3 is 5.69 Å². The molecule has 2 aromatic rings. The van der Waals surface area contributed by atoms with Crippen molar-refractivity contribution in [3.8, 4) is 0 Å². The molecule has 1 aromatic carbocycles. The van der Waals surface area contributed by atoms with Crippen LogP contribution in [0.4, 0.5) is 0 Å². The summed E-state index contributed by atoms with van der Waals surface area (Å²) in [7, 11) is 0. The van der Waals surface area contributed by atoms with Crippen molar-refractivity contribution in [1.29, 1.82) is 0 Å². The van der Waals surface area contributed by atoms with E-state index in [1.807, 2.05) is 38.1 Å². The SMILES string of the molecule is CC(C)c1c(Cl)[nH]c(=O)n(C2Cc3ccccc3C2)c1=O. The summed E-state index contributed by atoms with van der Waals surface area (Å²) in [4.78, 5) is 27.5. The van der Waals surface area contributed by atoms with Crippen molar-refractivity contribution in [1.82, 2.24) is 9.55 Å². The van der Waals surface area contributed by atoms with E-state index >= 15 is 0 Å². The van der Waals surface area contributed by atoms with Gasteiger partial charge in [-0.1, -0.05) is 49.7 Å². The van der Waals surface area contributed by atoms with Crippen LogP contribution in [0, 0.1) is 0 Å². The van der Waals surface area contributed by atoms with Gasteiger partial charge in [0.05, 0.1) is 5.56 Å². The number of aromatic nitrogens is 2. The smallest absolute Gasteiger partial charge is 0.297 e. The Hall–Kier alpha value is -1.81. The molecule has 1 aliphatic rings. The average Bonchev–Trinajstić information content (AvgIpc) is 2.80. The molecule has 0 unspecified atom stereocenters. The first-order valence-corrected chi connectivity index (χ1v) is 7.47. The van der Waals surface area contributed by atoms with Gasteiger partial charge in [-0.3, -0.25) is 14.3 Å². The molecular weight excluding hydrogens is 288 g/mol. The molecule has 4 nitrogen and oxygen atoms in total. The third-order valence-corrected chi connectivity index (χ3v) is 4.39. The number of nitrogens with zero attached hydrogens (tertiary/aromatic N) is 1. The van der Waals surface area contributed by atoms with Crippen molar-refractivity contribution in [2.45, 2.75) is 38.6 Å². The topological polar surface area (TPSA) is 54.9 Å². The largest absolute Gasteiger partial charge is 0.329 e. The van der Waals surface area contributed by atoms with Crippen LogP contribution >= 0.6 is 11.6 Å². The quantitative estimate of drug-likeness (QED) is 0.867. The zero-order valence-electron chi connectivity index (χ0n) is 12.0. The van der Waals surface area contributed by atoms with E-state index in [2.05, 4.69) is 4.98 Å². The van der Waals surface area contributed by atoms with Crippen LogP contribution in [-0.2, 0) is 12.8 Å². The van der Waals surface area contributed by atoms with E-state index in [4.69, 9.17) is 11.6 Å². The molecule has 1 aromatic heterocycles. The molecule has 3 rings (SSSR count). The molecule has 0 saturated heterocycles. The zero-order valence-corrected chi connectivity index (χ0v) is 12.8. The maximum absolute atomic E-state index is 12.6. The zero-order chi connectivity index (χ0) is 15.1. The molecule has 0 atom stereocenters. The maximum Gasteiger partial charge on any atom is 0.329 e. The predicted molar refractivity (Wildman–Crippen MR) is 83.3 cm³/mol. The van der Waals surface area contributed by atoms with E-state index < -0.39 is 5.69 Å². The van der Waals surface area contributed by atoms with Crippen molar-refractivity contribution in [2.24, 2.45) is 0 Å². The van der Waals surface area contributed by atoms with Gasteiger partial charge in [-0.2, -0.15) is 0 Å². The fourth-order valence-electron chi connectivity index (χ4n) is 3.09. The highest BCUT2D eigenvalue weighted by Gasteiger charge is 2.27. The summed E-state index contributed by atoms with van der Waals surface area (Å²) < 4.78 is 1.33. The molecule has 0 saturated carbocycles. The Kier molecular flexibility index (Phi) is 3.49. The second kappa shape index (κ2) is 5.19. The van der Waals surface area contributed by atoms with Gasteiger partial charge in [0, 0.05) is 6.04 Å². The van der Waals surface area contributed by atoms with E-state index in [0.29, 0.717) is 18.4 Å². The fraction of sp³-hybridized carbons (Fsp3) is 0.375. The number of fused-ring (bicyclic) bond motifs is 1. The van der Waals surface area contributed by atoms with Crippen molar-refractivity contribution in [3.63, 3.8) is 0 Å². The number of hydrogen-bond donors (Lipinski definition) is 1. The lowest BCUT2D eigenvalue weighted by molar-refractivity contribution is 0.481. The summed E-state index contributed by atoms with van der Waals surface area (Å²) in [5, 5.41) is 0.159. The molecule has 0 bridgehead atoms. The van der Waals surface area contributed by atoms with Crippen LogP contribution in [0.3, 0.4) is 0 Å². The lowest BCUT2D eigenvalue weighted by atomic mass is 10.1. The van der Waals surface area contributed by atoms with Crippen LogP contribution in [0.15, 0.2) is 33.9 Å². The van der Waals surface area contributed by atoms with Gasteiger partial charge < -0.3 is 0 Å². The Morgan fingerprint density at radius 1 is 1.19 bits per heavy atom. The van der Waals surface area contributed by atoms with Crippen molar-refractivity contribution < 1.29 is 0 Å². The highest BCUT2D eigenvalue weighted by molar-refractivity contribution is 6.30.